The van der Waals surface area contributed by atoms with E-state index in [1.165, 1.54) is 17.5 Å². The normalized spacial score (nSPS) is 15.6. The number of hydrogen-bond acceptors (Lipinski definition) is 4. The van der Waals surface area contributed by atoms with Gasteiger partial charge in [0.15, 0.2) is 0 Å². The van der Waals surface area contributed by atoms with Crippen molar-refractivity contribution in [2.75, 3.05) is 5.32 Å². The Balaban J connectivity index is 0.00000205. The van der Waals surface area contributed by atoms with Gasteiger partial charge in [-0.1, -0.05) is 36.4 Å². The van der Waals surface area contributed by atoms with Crippen molar-refractivity contribution in [3.63, 3.8) is 0 Å². The second kappa shape index (κ2) is 7.84. The summed E-state index contributed by atoms with van der Waals surface area (Å²) in [7, 11) is 0. The number of nitrogens with one attached hydrogen (secondary N) is 1. The Bertz CT molecular complexity index is 1170. The molecule has 0 bridgehead atoms. The van der Waals surface area contributed by atoms with Gasteiger partial charge in [-0.2, -0.15) is 10.1 Å². The second-order valence-corrected chi connectivity index (χ2v) is 7.52. The molecule has 148 valence electrons. The Morgan fingerprint density at radius 1 is 1.00 bits per heavy atom. The first kappa shape index (κ1) is 19.4. The highest BCUT2D eigenvalue weighted by Gasteiger charge is 2.21. The number of fused-ring (bicyclic) bond motifs is 2. The van der Waals surface area contributed by atoms with E-state index < -0.39 is 0 Å². The SMILES string of the molecule is Cc1cc(C)n(-c2nc(NC3CCCc4ccccc43)c3ccccc3n2)n1.Cl. The van der Waals surface area contributed by atoms with Crippen molar-refractivity contribution < 1.29 is 0 Å². The number of para-hydroxylation sites is 1. The number of rotatable bonds is 3. The van der Waals surface area contributed by atoms with E-state index in [-0.39, 0.29) is 18.4 Å². The van der Waals surface area contributed by atoms with Gasteiger partial charge in [0.2, 0.25) is 0 Å². The van der Waals surface area contributed by atoms with E-state index in [0.717, 1.165) is 41.0 Å². The Hall–Kier alpha value is -2.92. The van der Waals surface area contributed by atoms with E-state index in [9.17, 15) is 0 Å². The molecule has 0 saturated heterocycles. The van der Waals surface area contributed by atoms with Crippen molar-refractivity contribution in [2.45, 2.75) is 39.2 Å². The second-order valence-electron chi connectivity index (χ2n) is 7.52. The zero-order valence-electron chi connectivity index (χ0n) is 16.6. The van der Waals surface area contributed by atoms with E-state index in [1.807, 2.05) is 42.8 Å². The summed E-state index contributed by atoms with van der Waals surface area (Å²) >= 11 is 0. The molecule has 4 aromatic rings. The third-order valence-corrected chi connectivity index (χ3v) is 5.47. The fourth-order valence-corrected chi connectivity index (χ4v) is 4.17. The van der Waals surface area contributed by atoms with Crippen LogP contribution in [0.1, 0.15) is 41.4 Å². The molecule has 1 N–H and O–H groups in total. The van der Waals surface area contributed by atoms with Gasteiger partial charge < -0.3 is 5.32 Å². The monoisotopic (exact) mass is 405 g/mol. The molecule has 0 spiro atoms. The van der Waals surface area contributed by atoms with Gasteiger partial charge in [0.25, 0.3) is 5.95 Å². The summed E-state index contributed by atoms with van der Waals surface area (Å²) < 4.78 is 1.82. The molecule has 1 atom stereocenters. The third kappa shape index (κ3) is 3.58. The summed E-state index contributed by atoms with van der Waals surface area (Å²) in [5.74, 6) is 1.48. The molecule has 2 aromatic carbocycles. The van der Waals surface area contributed by atoms with Crippen LogP contribution >= 0.6 is 12.4 Å². The highest BCUT2D eigenvalue weighted by atomic mass is 35.5. The molecule has 1 aliphatic rings. The average molecular weight is 406 g/mol. The van der Waals surface area contributed by atoms with Crippen molar-refractivity contribution in [1.29, 1.82) is 0 Å². The topological polar surface area (TPSA) is 55.6 Å². The van der Waals surface area contributed by atoms with E-state index in [1.54, 1.807) is 0 Å². The zero-order chi connectivity index (χ0) is 19.1. The van der Waals surface area contributed by atoms with Crippen LogP contribution in [-0.4, -0.2) is 19.7 Å². The molecular formula is C23H24ClN5. The molecule has 0 amide bonds. The Labute approximate surface area is 176 Å². The molecule has 5 rings (SSSR count). The highest BCUT2D eigenvalue weighted by Crippen LogP contribution is 2.34. The number of hydrogen-bond donors (Lipinski definition) is 1. The van der Waals surface area contributed by atoms with Gasteiger partial charge in [0, 0.05) is 11.1 Å². The fraction of sp³-hybridized carbons (Fsp3) is 0.261. The number of anilines is 1. The fourth-order valence-electron chi connectivity index (χ4n) is 4.17. The van der Waals surface area contributed by atoms with Gasteiger partial charge in [-0.3, -0.25) is 0 Å². The molecule has 6 heteroatoms. The third-order valence-electron chi connectivity index (χ3n) is 5.47. The lowest BCUT2D eigenvalue weighted by Crippen LogP contribution is -2.19. The molecule has 5 nitrogen and oxygen atoms in total. The van der Waals surface area contributed by atoms with Crippen LogP contribution < -0.4 is 5.32 Å². The Morgan fingerprint density at radius 2 is 1.79 bits per heavy atom. The number of nitrogens with zero attached hydrogens (tertiary/aromatic N) is 4. The first-order chi connectivity index (χ1) is 13.7. The minimum atomic E-state index is 0. The largest absolute Gasteiger partial charge is 0.363 e. The van der Waals surface area contributed by atoms with Crippen LogP contribution in [-0.2, 0) is 6.42 Å². The maximum Gasteiger partial charge on any atom is 0.253 e. The molecule has 0 radical (unpaired) electrons. The summed E-state index contributed by atoms with van der Waals surface area (Å²) in [5, 5.41) is 9.34. The Kier molecular flexibility index (Phi) is 5.24. The molecule has 0 fully saturated rings. The van der Waals surface area contributed by atoms with Gasteiger partial charge in [-0.25, -0.2) is 9.67 Å². The number of aromatic nitrogens is 4. The highest BCUT2D eigenvalue weighted by molar-refractivity contribution is 5.89. The molecule has 1 unspecified atom stereocenters. The van der Waals surface area contributed by atoms with Crippen molar-refractivity contribution >= 4 is 29.1 Å². The smallest absolute Gasteiger partial charge is 0.253 e. The van der Waals surface area contributed by atoms with E-state index >= 15 is 0 Å². The predicted molar refractivity (Wildman–Crippen MR) is 119 cm³/mol. The van der Waals surface area contributed by atoms with Crippen LogP contribution in [0, 0.1) is 13.8 Å². The quantitative estimate of drug-likeness (QED) is 0.499. The number of aryl methyl sites for hydroxylation is 3. The van der Waals surface area contributed by atoms with Crippen molar-refractivity contribution in [2.24, 2.45) is 0 Å². The maximum absolute atomic E-state index is 4.89. The van der Waals surface area contributed by atoms with E-state index in [0.29, 0.717) is 5.95 Å². The lowest BCUT2D eigenvalue weighted by atomic mass is 9.88. The van der Waals surface area contributed by atoms with Crippen molar-refractivity contribution in [3.05, 3.63) is 77.1 Å². The molecule has 1 aliphatic carbocycles. The van der Waals surface area contributed by atoms with Gasteiger partial charge >= 0.3 is 0 Å². The van der Waals surface area contributed by atoms with E-state index in [2.05, 4.69) is 40.7 Å². The standard InChI is InChI=1S/C23H23N5.ClH/c1-15-14-16(2)28(27-15)23-25-21-12-6-5-11-19(21)22(26-23)24-20-13-7-9-17-8-3-4-10-18(17)20;/h3-6,8,10-12,14,20H,7,9,13H2,1-2H3,(H,24,25,26);1H. The summed E-state index contributed by atoms with van der Waals surface area (Å²) in [4.78, 5) is 9.66. The first-order valence-corrected chi connectivity index (χ1v) is 9.84. The van der Waals surface area contributed by atoms with Gasteiger partial charge in [-0.05, 0) is 62.4 Å². The lowest BCUT2D eigenvalue weighted by molar-refractivity contribution is 0.598. The predicted octanol–water partition coefficient (Wildman–Crippen LogP) is 5.34. The van der Waals surface area contributed by atoms with Crippen LogP contribution in [0.2, 0.25) is 0 Å². The lowest BCUT2D eigenvalue weighted by Gasteiger charge is -2.27. The summed E-state index contributed by atoms with van der Waals surface area (Å²) in [6.07, 6.45) is 3.43. The minimum absolute atomic E-state index is 0. The van der Waals surface area contributed by atoms with Gasteiger partial charge in [0.05, 0.1) is 17.3 Å². The molecule has 29 heavy (non-hydrogen) atoms. The Morgan fingerprint density at radius 3 is 2.62 bits per heavy atom. The van der Waals surface area contributed by atoms with Crippen LogP contribution in [0.3, 0.4) is 0 Å². The average Bonchev–Trinajstić information content (AvgIpc) is 3.06. The van der Waals surface area contributed by atoms with Crippen molar-refractivity contribution in [3.8, 4) is 5.95 Å². The van der Waals surface area contributed by atoms with Gasteiger partial charge in [0.1, 0.15) is 5.82 Å². The molecular weight excluding hydrogens is 382 g/mol. The summed E-state index contributed by atoms with van der Waals surface area (Å²) in [6, 6.07) is 19.2. The number of benzene rings is 2. The van der Waals surface area contributed by atoms with Crippen LogP contribution in [0.15, 0.2) is 54.6 Å². The van der Waals surface area contributed by atoms with Crippen LogP contribution in [0.5, 0.6) is 0 Å². The molecule has 2 aromatic heterocycles. The zero-order valence-corrected chi connectivity index (χ0v) is 17.4. The van der Waals surface area contributed by atoms with Crippen LogP contribution in [0.25, 0.3) is 16.9 Å². The van der Waals surface area contributed by atoms with E-state index in [4.69, 9.17) is 9.97 Å². The molecule has 0 saturated carbocycles. The molecule has 2 heterocycles. The first-order valence-electron chi connectivity index (χ1n) is 9.84. The number of halogens is 1. The maximum atomic E-state index is 4.89. The van der Waals surface area contributed by atoms with Crippen LogP contribution in [0.4, 0.5) is 5.82 Å². The van der Waals surface area contributed by atoms with Crippen molar-refractivity contribution in [1.82, 2.24) is 19.7 Å². The van der Waals surface area contributed by atoms with Gasteiger partial charge in [-0.15, -0.1) is 12.4 Å². The summed E-state index contributed by atoms with van der Waals surface area (Å²) in [6.45, 7) is 4.02. The molecule has 0 aliphatic heterocycles. The minimum Gasteiger partial charge on any atom is -0.363 e. The summed E-state index contributed by atoms with van der Waals surface area (Å²) in [5.41, 5.74) is 5.73.